The average Bonchev–Trinajstić information content (AvgIpc) is 2.78. The van der Waals surface area contributed by atoms with Crippen LogP contribution in [0.1, 0.15) is 24.5 Å². The molecule has 0 fully saturated rings. The Morgan fingerprint density at radius 2 is 2.11 bits per heavy atom. The molecular formula is C11H14ClN5S. The van der Waals surface area contributed by atoms with E-state index in [-0.39, 0.29) is 10.8 Å². The van der Waals surface area contributed by atoms with Gasteiger partial charge in [0.1, 0.15) is 5.01 Å². The first-order valence-corrected chi connectivity index (χ1v) is 6.63. The summed E-state index contributed by atoms with van der Waals surface area (Å²) in [5, 5.41) is 6.32. The molecule has 2 heterocycles. The number of nitrogens with two attached hydrogens (primary N) is 1. The molecule has 2 aromatic rings. The Labute approximate surface area is 114 Å². The predicted molar refractivity (Wildman–Crippen MR) is 75.0 cm³/mol. The molecular weight excluding hydrogens is 270 g/mol. The number of aryl methyl sites for hydroxylation is 1. The van der Waals surface area contributed by atoms with Crippen LogP contribution in [0.25, 0.3) is 0 Å². The van der Waals surface area contributed by atoms with Crippen molar-refractivity contribution in [3.8, 4) is 0 Å². The molecule has 0 unspecified atom stereocenters. The molecule has 3 N–H and O–H groups in total. The summed E-state index contributed by atoms with van der Waals surface area (Å²) in [6.45, 7) is 5.82. The number of rotatable bonds is 3. The summed E-state index contributed by atoms with van der Waals surface area (Å²) in [4.78, 5) is 12.4. The molecule has 0 aliphatic rings. The zero-order valence-corrected chi connectivity index (χ0v) is 11.9. The van der Waals surface area contributed by atoms with E-state index in [4.69, 9.17) is 17.3 Å². The standard InChI is InChI=1S/C11H14ClN5S/c1-6-7(13)8(16-10(12)15-6)17-11(2,3)9-14-4-5-18-9/h4-5H,13H2,1-3H3,(H,15,16,17). The fourth-order valence-corrected chi connectivity index (χ4v) is 2.45. The van der Waals surface area contributed by atoms with E-state index in [0.29, 0.717) is 17.2 Å². The third kappa shape index (κ3) is 2.54. The summed E-state index contributed by atoms with van der Waals surface area (Å²) in [6.07, 6.45) is 1.77. The number of thiazole rings is 1. The lowest BCUT2D eigenvalue weighted by Crippen LogP contribution is -2.29. The van der Waals surface area contributed by atoms with E-state index >= 15 is 0 Å². The van der Waals surface area contributed by atoms with Gasteiger partial charge < -0.3 is 11.1 Å². The number of hydrogen-bond donors (Lipinski definition) is 2. The number of nitrogens with one attached hydrogen (secondary N) is 1. The number of nitrogen functional groups attached to an aromatic ring is 1. The van der Waals surface area contributed by atoms with Gasteiger partial charge in [0.25, 0.3) is 0 Å². The van der Waals surface area contributed by atoms with E-state index in [1.165, 1.54) is 0 Å². The SMILES string of the molecule is Cc1nc(Cl)nc(NC(C)(C)c2nccs2)c1N. The van der Waals surface area contributed by atoms with Crippen LogP contribution in [0.4, 0.5) is 11.5 Å². The maximum atomic E-state index is 5.95. The first-order chi connectivity index (χ1) is 8.40. The second kappa shape index (κ2) is 4.70. The van der Waals surface area contributed by atoms with E-state index < -0.39 is 0 Å². The van der Waals surface area contributed by atoms with Crippen LogP contribution in [0.3, 0.4) is 0 Å². The second-order valence-electron chi connectivity index (χ2n) is 4.43. The maximum absolute atomic E-state index is 5.95. The Balaban J connectivity index is 2.35. The maximum Gasteiger partial charge on any atom is 0.224 e. The second-order valence-corrected chi connectivity index (χ2v) is 5.66. The predicted octanol–water partition coefficient (Wildman–Crippen LogP) is 2.82. The Kier molecular flexibility index (Phi) is 3.41. The minimum Gasteiger partial charge on any atom is -0.394 e. The van der Waals surface area contributed by atoms with Crippen LogP contribution in [0, 0.1) is 6.92 Å². The minimum atomic E-state index is -0.369. The summed E-state index contributed by atoms with van der Waals surface area (Å²) in [5.74, 6) is 0.535. The molecule has 2 aromatic heterocycles. The smallest absolute Gasteiger partial charge is 0.224 e. The molecule has 0 aliphatic heterocycles. The Morgan fingerprint density at radius 3 is 2.72 bits per heavy atom. The van der Waals surface area contributed by atoms with Crippen LogP contribution >= 0.6 is 22.9 Å². The van der Waals surface area contributed by atoms with Crippen LogP contribution in [0.15, 0.2) is 11.6 Å². The van der Waals surface area contributed by atoms with Crippen molar-refractivity contribution >= 4 is 34.4 Å². The molecule has 0 radical (unpaired) electrons. The van der Waals surface area contributed by atoms with Crippen LogP contribution in [-0.2, 0) is 5.54 Å². The van der Waals surface area contributed by atoms with E-state index in [2.05, 4.69) is 20.3 Å². The van der Waals surface area contributed by atoms with Gasteiger partial charge in [0, 0.05) is 11.6 Å². The highest BCUT2D eigenvalue weighted by molar-refractivity contribution is 7.09. The van der Waals surface area contributed by atoms with Crippen molar-refractivity contribution in [3.05, 3.63) is 27.6 Å². The Bertz CT molecular complexity index is 553. The number of halogens is 1. The molecule has 0 amide bonds. The van der Waals surface area contributed by atoms with Crippen molar-refractivity contribution in [1.29, 1.82) is 0 Å². The highest BCUT2D eigenvalue weighted by Crippen LogP contribution is 2.30. The van der Waals surface area contributed by atoms with Crippen molar-refractivity contribution < 1.29 is 0 Å². The Hall–Kier alpha value is -1.40. The van der Waals surface area contributed by atoms with Crippen LogP contribution in [-0.4, -0.2) is 15.0 Å². The van der Waals surface area contributed by atoms with Gasteiger partial charge in [0.15, 0.2) is 5.82 Å². The van der Waals surface area contributed by atoms with Gasteiger partial charge in [-0.1, -0.05) is 0 Å². The molecule has 0 aliphatic carbocycles. The minimum absolute atomic E-state index is 0.180. The lowest BCUT2D eigenvalue weighted by molar-refractivity contribution is 0.601. The van der Waals surface area contributed by atoms with Gasteiger partial charge in [-0.25, -0.2) is 9.97 Å². The van der Waals surface area contributed by atoms with Crippen LogP contribution in [0.5, 0.6) is 0 Å². The quantitative estimate of drug-likeness (QED) is 0.847. The van der Waals surface area contributed by atoms with Gasteiger partial charge in [-0.05, 0) is 32.4 Å². The van der Waals surface area contributed by atoms with Crippen molar-refractivity contribution in [1.82, 2.24) is 15.0 Å². The van der Waals surface area contributed by atoms with Gasteiger partial charge in [-0.3, -0.25) is 0 Å². The summed E-state index contributed by atoms with van der Waals surface area (Å²) < 4.78 is 0. The number of hydrogen-bond acceptors (Lipinski definition) is 6. The largest absolute Gasteiger partial charge is 0.394 e. The van der Waals surface area contributed by atoms with E-state index in [0.717, 1.165) is 5.01 Å². The van der Waals surface area contributed by atoms with Gasteiger partial charge in [0.2, 0.25) is 5.28 Å². The monoisotopic (exact) mass is 283 g/mol. The van der Waals surface area contributed by atoms with Gasteiger partial charge in [0.05, 0.1) is 16.9 Å². The summed E-state index contributed by atoms with van der Waals surface area (Å²) in [7, 11) is 0. The molecule has 7 heteroatoms. The lowest BCUT2D eigenvalue weighted by atomic mass is 10.1. The number of anilines is 2. The van der Waals surface area contributed by atoms with Crippen molar-refractivity contribution in [2.24, 2.45) is 0 Å². The fraction of sp³-hybridized carbons (Fsp3) is 0.364. The molecule has 96 valence electrons. The van der Waals surface area contributed by atoms with Gasteiger partial charge >= 0.3 is 0 Å². The first kappa shape index (κ1) is 13.0. The molecule has 0 aromatic carbocycles. The van der Waals surface area contributed by atoms with E-state index in [1.807, 2.05) is 19.2 Å². The zero-order valence-electron chi connectivity index (χ0n) is 10.4. The zero-order chi connectivity index (χ0) is 13.3. The van der Waals surface area contributed by atoms with E-state index in [9.17, 15) is 0 Å². The number of nitrogens with zero attached hydrogens (tertiary/aromatic N) is 3. The molecule has 5 nitrogen and oxygen atoms in total. The molecule has 0 saturated carbocycles. The highest BCUT2D eigenvalue weighted by atomic mass is 35.5. The van der Waals surface area contributed by atoms with Gasteiger partial charge in [-0.15, -0.1) is 11.3 Å². The Morgan fingerprint density at radius 1 is 1.39 bits per heavy atom. The highest BCUT2D eigenvalue weighted by Gasteiger charge is 2.25. The van der Waals surface area contributed by atoms with Crippen molar-refractivity contribution in [2.45, 2.75) is 26.3 Å². The summed E-state index contributed by atoms with van der Waals surface area (Å²) >= 11 is 7.42. The number of aromatic nitrogens is 3. The molecule has 18 heavy (non-hydrogen) atoms. The topological polar surface area (TPSA) is 76.7 Å². The third-order valence-electron chi connectivity index (χ3n) is 2.51. The van der Waals surface area contributed by atoms with Crippen molar-refractivity contribution in [3.63, 3.8) is 0 Å². The summed E-state index contributed by atoms with van der Waals surface area (Å²) in [6, 6.07) is 0. The normalized spacial score (nSPS) is 11.6. The average molecular weight is 284 g/mol. The molecule has 0 atom stereocenters. The molecule has 0 bridgehead atoms. The van der Waals surface area contributed by atoms with Crippen LogP contribution < -0.4 is 11.1 Å². The van der Waals surface area contributed by atoms with E-state index in [1.54, 1.807) is 24.5 Å². The fourth-order valence-electron chi connectivity index (χ4n) is 1.52. The lowest BCUT2D eigenvalue weighted by Gasteiger charge is -2.25. The van der Waals surface area contributed by atoms with Crippen LogP contribution in [0.2, 0.25) is 5.28 Å². The molecule has 0 saturated heterocycles. The van der Waals surface area contributed by atoms with Gasteiger partial charge in [-0.2, -0.15) is 4.98 Å². The van der Waals surface area contributed by atoms with Crippen molar-refractivity contribution in [2.75, 3.05) is 11.1 Å². The molecule has 0 spiro atoms. The summed E-state index contributed by atoms with van der Waals surface area (Å²) in [5.41, 5.74) is 6.74. The first-order valence-electron chi connectivity index (χ1n) is 5.38. The third-order valence-corrected chi connectivity index (χ3v) is 3.77. The molecule has 2 rings (SSSR count).